The number of hydrogen-bond acceptors (Lipinski definition) is 6. The van der Waals surface area contributed by atoms with Crippen molar-refractivity contribution < 1.29 is 27.5 Å². The van der Waals surface area contributed by atoms with Gasteiger partial charge in [0.1, 0.15) is 17.4 Å². The van der Waals surface area contributed by atoms with Gasteiger partial charge in [0, 0.05) is 43.4 Å². The van der Waals surface area contributed by atoms with Gasteiger partial charge in [0.15, 0.2) is 6.61 Å². The van der Waals surface area contributed by atoms with E-state index in [0.29, 0.717) is 36.7 Å². The van der Waals surface area contributed by atoms with Gasteiger partial charge >= 0.3 is 6.18 Å². The molecule has 0 aromatic carbocycles. The van der Waals surface area contributed by atoms with Crippen LogP contribution in [0.5, 0.6) is 5.75 Å². The number of ether oxygens (including phenoxy) is 1. The van der Waals surface area contributed by atoms with Crippen LogP contribution in [0.2, 0.25) is 5.02 Å². The van der Waals surface area contributed by atoms with Gasteiger partial charge in [-0.2, -0.15) is 13.2 Å². The Morgan fingerprint density at radius 3 is 2.79 bits per heavy atom. The van der Waals surface area contributed by atoms with E-state index in [4.69, 9.17) is 11.6 Å². The molecule has 0 bridgehead atoms. The number of carbonyl (C=O) groups excluding carboxylic acids is 2. The Bertz CT molecular complexity index is 1010. The maximum Gasteiger partial charge on any atom is 0.422 e. The molecule has 0 radical (unpaired) electrons. The zero-order valence-corrected chi connectivity index (χ0v) is 18.5. The van der Waals surface area contributed by atoms with Gasteiger partial charge in [-0.15, -0.1) is 0 Å². The van der Waals surface area contributed by atoms with Crippen LogP contribution in [0.1, 0.15) is 36.5 Å². The lowest BCUT2D eigenvalue weighted by Gasteiger charge is -2.34. The Hall–Kier alpha value is -3.08. The van der Waals surface area contributed by atoms with E-state index in [1.165, 1.54) is 24.5 Å². The lowest BCUT2D eigenvalue weighted by Crippen LogP contribution is -2.48. The molecule has 0 spiro atoms. The minimum atomic E-state index is -4.46. The Balaban J connectivity index is 1.62. The summed E-state index contributed by atoms with van der Waals surface area (Å²) in [6.45, 7) is 1.34. The van der Waals surface area contributed by atoms with Gasteiger partial charge in [-0.1, -0.05) is 18.5 Å². The molecule has 1 unspecified atom stereocenters. The van der Waals surface area contributed by atoms with Crippen molar-refractivity contribution in [2.24, 2.45) is 0 Å². The molecule has 1 fully saturated rings. The van der Waals surface area contributed by atoms with Crippen LogP contribution in [0.15, 0.2) is 30.6 Å². The summed E-state index contributed by atoms with van der Waals surface area (Å²) >= 11 is 6.24. The van der Waals surface area contributed by atoms with Crippen LogP contribution in [-0.4, -0.2) is 53.7 Å². The smallest absolute Gasteiger partial charge is 0.422 e. The SMILES string of the molecule is CCC(=O)Nc1cc(C(=O)NC2CCCN(c3ncc(OCC(F)(F)F)cc3Cl)C2)ccn1. The highest BCUT2D eigenvalue weighted by atomic mass is 35.5. The predicted molar refractivity (Wildman–Crippen MR) is 117 cm³/mol. The summed E-state index contributed by atoms with van der Waals surface area (Å²) < 4.78 is 41.7. The van der Waals surface area contributed by atoms with Gasteiger partial charge < -0.3 is 20.3 Å². The van der Waals surface area contributed by atoms with Crippen LogP contribution in [0.4, 0.5) is 24.8 Å². The van der Waals surface area contributed by atoms with E-state index in [9.17, 15) is 22.8 Å². The normalized spacial score (nSPS) is 16.3. The largest absolute Gasteiger partial charge is 0.482 e. The van der Waals surface area contributed by atoms with Crippen molar-refractivity contribution in [1.82, 2.24) is 15.3 Å². The number of amides is 2. The van der Waals surface area contributed by atoms with Gasteiger partial charge in [-0.3, -0.25) is 9.59 Å². The number of anilines is 2. The zero-order valence-electron chi connectivity index (χ0n) is 17.8. The van der Waals surface area contributed by atoms with Crippen molar-refractivity contribution in [3.05, 3.63) is 41.2 Å². The minimum Gasteiger partial charge on any atom is -0.482 e. The highest BCUT2D eigenvalue weighted by molar-refractivity contribution is 6.33. The van der Waals surface area contributed by atoms with E-state index >= 15 is 0 Å². The molecule has 8 nitrogen and oxygen atoms in total. The van der Waals surface area contributed by atoms with Gasteiger partial charge in [0.05, 0.1) is 11.2 Å². The minimum absolute atomic E-state index is 0.0772. The molecule has 0 aliphatic carbocycles. The van der Waals surface area contributed by atoms with E-state index in [1.54, 1.807) is 13.0 Å². The molecule has 1 aliphatic heterocycles. The molecule has 178 valence electrons. The molecule has 0 saturated carbocycles. The first-order valence-corrected chi connectivity index (χ1v) is 10.7. The van der Waals surface area contributed by atoms with Crippen LogP contribution >= 0.6 is 11.6 Å². The average Bonchev–Trinajstić information content (AvgIpc) is 2.77. The van der Waals surface area contributed by atoms with Crippen molar-refractivity contribution in [3.63, 3.8) is 0 Å². The number of halogens is 4. The van der Waals surface area contributed by atoms with Crippen LogP contribution in [0.3, 0.4) is 0 Å². The predicted octanol–water partition coefficient (Wildman–Crippen LogP) is 3.82. The van der Waals surface area contributed by atoms with Gasteiger partial charge in [0.2, 0.25) is 5.91 Å². The number of aromatic nitrogens is 2. The van der Waals surface area contributed by atoms with Crippen molar-refractivity contribution in [1.29, 1.82) is 0 Å². The number of alkyl halides is 3. The molecule has 33 heavy (non-hydrogen) atoms. The fraction of sp³-hybridized carbons (Fsp3) is 0.429. The van der Waals surface area contributed by atoms with Gasteiger partial charge in [-0.25, -0.2) is 9.97 Å². The molecule has 12 heteroatoms. The van der Waals surface area contributed by atoms with Crippen LogP contribution in [0, 0.1) is 0 Å². The molecular weight excluding hydrogens is 463 g/mol. The molecular formula is C21H23ClF3N5O3. The summed E-state index contributed by atoms with van der Waals surface area (Å²) in [4.78, 5) is 34.3. The Labute approximate surface area is 193 Å². The molecule has 3 heterocycles. The van der Waals surface area contributed by atoms with Crippen LogP contribution in [-0.2, 0) is 4.79 Å². The van der Waals surface area contributed by atoms with E-state index in [-0.39, 0.29) is 28.6 Å². The van der Waals surface area contributed by atoms with E-state index in [0.717, 1.165) is 12.8 Å². The van der Waals surface area contributed by atoms with Crippen LogP contribution < -0.4 is 20.3 Å². The monoisotopic (exact) mass is 485 g/mol. The van der Waals surface area contributed by atoms with Crippen LogP contribution in [0.25, 0.3) is 0 Å². The molecule has 1 saturated heterocycles. The second-order valence-corrected chi connectivity index (χ2v) is 7.88. The van der Waals surface area contributed by atoms with Crippen molar-refractivity contribution in [2.45, 2.75) is 38.4 Å². The third kappa shape index (κ3) is 7.21. The second kappa shape index (κ2) is 10.7. The summed E-state index contributed by atoms with van der Waals surface area (Å²) in [5.74, 6) is 0.104. The highest BCUT2D eigenvalue weighted by Gasteiger charge is 2.29. The Morgan fingerprint density at radius 2 is 2.09 bits per heavy atom. The summed E-state index contributed by atoms with van der Waals surface area (Å²) in [6.07, 6.45) is -0.0407. The first-order valence-electron chi connectivity index (χ1n) is 10.3. The molecule has 2 aromatic heterocycles. The number of piperidine rings is 1. The number of rotatable bonds is 7. The number of carbonyl (C=O) groups is 2. The molecule has 2 amide bonds. The van der Waals surface area contributed by atoms with E-state index < -0.39 is 12.8 Å². The first-order chi connectivity index (χ1) is 15.6. The number of nitrogens with zero attached hydrogens (tertiary/aromatic N) is 3. The summed E-state index contributed by atoms with van der Waals surface area (Å²) in [7, 11) is 0. The van der Waals surface area contributed by atoms with Crippen molar-refractivity contribution in [2.75, 3.05) is 29.9 Å². The van der Waals surface area contributed by atoms with E-state index in [2.05, 4.69) is 25.3 Å². The maximum absolute atomic E-state index is 12.7. The molecule has 1 atom stereocenters. The molecule has 2 aromatic rings. The van der Waals surface area contributed by atoms with E-state index in [1.807, 2.05) is 4.90 Å². The Morgan fingerprint density at radius 1 is 1.30 bits per heavy atom. The molecule has 3 rings (SSSR count). The molecule has 2 N–H and O–H groups in total. The highest BCUT2D eigenvalue weighted by Crippen LogP contribution is 2.30. The quantitative estimate of drug-likeness (QED) is 0.619. The first kappa shape index (κ1) is 24.6. The lowest BCUT2D eigenvalue weighted by molar-refractivity contribution is -0.153. The number of hydrogen-bond donors (Lipinski definition) is 2. The summed E-state index contributed by atoms with van der Waals surface area (Å²) in [5.41, 5.74) is 0.357. The van der Waals surface area contributed by atoms with Gasteiger partial charge in [-0.05, 0) is 25.0 Å². The molecule has 1 aliphatic rings. The topological polar surface area (TPSA) is 96.5 Å². The maximum atomic E-state index is 12.7. The summed E-state index contributed by atoms with van der Waals surface area (Å²) in [5, 5.41) is 5.73. The second-order valence-electron chi connectivity index (χ2n) is 7.47. The van der Waals surface area contributed by atoms with Crippen molar-refractivity contribution in [3.8, 4) is 5.75 Å². The van der Waals surface area contributed by atoms with Gasteiger partial charge in [0.25, 0.3) is 5.91 Å². The Kier molecular flexibility index (Phi) is 7.96. The summed E-state index contributed by atoms with van der Waals surface area (Å²) in [6, 6.07) is 4.14. The zero-order chi connectivity index (χ0) is 24.0. The third-order valence-electron chi connectivity index (χ3n) is 4.87. The third-order valence-corrected chi connectivity index (χ3v) is 5.14. The lowest BCUT2D eigenvalue weighted by atomic mass is 10.0. The average molecular weight is 486 g/mol. The number of pyridine rings is 2. The standard InChI is InChI=1S/C21H23ClF3N5O3/c1-2-18(31)29-17-8-13(5-6-26-17)20(32)28-14-4-3-7-30(11-14)19-16(22)9-15(10-27-19)33-12-21(23,24)25/h5-6,8-10,14H,2-4,7,11-12H2,1H3,(H,28,32)(H,26,29,31). The fourth-order valence-corrected chi connectivity index (χ4v) is 3.59. The van der Waals surface area contributed by atoms with Crippen molar-refractivity contribution >= 4 is 35.1 Å². The fourth-order valence-electron chi connectivity index (χ4n) is 3.32. The number of nitrogens with one attached hydrogen (secondary N) is 2.